The van der Waals surface area contributed by atoms with E-state index >= 15 is 0 Å². The normalized spacial score (nSPS) is 25.8. The van der Waals surface area contributed by atoms with Gasteiger partial charge in [-0.15, -0.1) is 17.9 Å². The average Bonchev–Trinajstić information content (AvgIpc) is 3.07. The van der Waals surface area contributed by atoms with E-state index in [1.807, 2.05) is 29.6 Å². The van der Waals surface area contributed by atoms with Gasteiger partial charge in [-0.2, -0.15) is 0 Å². The third kappa shape index (κ3) is 2.31. The fraction of sp³-hybridized carbons (Fsp3) is 0.357. The Morgan fingerprint density at radius 3 is 3.16 bits per heavy atom. The molecule has 3 heterocycles. The third-order valence-electron chi connectivity index (χ3n) is 3.54. The second-order valence-corrected chi connectivity index (χ2v) is 5.74. The molecule has 0 spiro atoms. The number of carbonyl (C=O) groups excluding carboxylic acids is 1. The number of rotatable bonds is 4. The van der Waals surface area contributed by atoms with Crippen LogP contribution in [0.4, 0.5) is 0 Å². The molecule has 0 bridgehead atoms. The monoisotopic (exact) mass is 275 g/mol. The highest BCUT2D eigenvalue weighted by Crippen LogP contribution is 2.32. The summed E-state index contributed by atoms with van der Waals surface area (Å²) in [6.07, 6.45) is 7.31. The third-order valence-corrected chi connectivity index (χ3v) is 4.52. The van der Waals surface area contributed by atoms with E-state index in [0.717, 1.165) is 12.8 Å². The van der Waals surface area contributed by atoms with Gasteiger partial charge in [0, 0.05) is 30.2 Å². The van der Waals surface area contributed by atoms with Crippen molar-refractivity contribution in [2.75, 3.05) is 6.54 Å². The molecular formula is C14H17N3OS. The Kier molecular flexibility index (Phi) is 3.40. The lowest BCUT2D eigenvalue weighted by Gasteiger charge is -2.31. The molecule has 2 aliphatic heterocycles. The van der Waals surface area contributed by atoms with Gasteiger partial charge in [0.2, 0.25) is 0 Å². The van der Waals surface area contributed by atoms with E-state index in [1.54, 1.807) is 16.2 Å². The second-order valence-electron chi connectivity index (χ2n) is 4.76. The highest BCUT2D eigenvalue weighted by molar-refractivity contribution is 7.10. The van der Waals surface area contributed by atoms with Gasteiger partial charge in [-0.05, 0) is 17.9 Å². The summed E-state index contributed by atoms with van der Waals surface area (Å²) < 4.78 is 0. The zero-order valence-corrected chi connectivity index (χ0v) is 11.5. The Labute approximate surface area is 117 Å². The number of fused-ring (bicyclic) bond motifs is 1. The fourth-order valence-electron chi connectivity index (χ4n) is 2.53. The number of nitrogens with zero attached hydrogens (tertiary/aromatic N) is 2. The van der Waals surface area contributed by atoms with Crippen molar-refractivity contribution < 1.29 is 4.79 Å². The highest BCUT2D eigenvalue weighted by Gasteiger charge is 2.39. The molecule has 1 aromatic rings. The molecule has 1 N–H and O–H groups in total. The Hall–Kier alpha value is -1.59. The Morgan fingerprint density at radius 1 is 1.53 bits per heavy atom. The molecule has 1 saturated heterocycles. The Bertz CT molecular complexity index is 497. The molecule has 1 aromatic heterocycles. The van der Waals surface area contributed by atoms with Crippen molar-refractivity contribution in [2.24, 2.45) is 0 Å². The molecule has 0 aliphatic carbocycles. The van der Waals surface area contributed by atoms with Gasteiger partial charge in [-0.3, -0.25) is 4.79 Å². The van der Waals surface area contributed by atoms with Gasteiger partial charge < -0.3 is 9.91 Å². The molecule has 5 heteroatoms. The van der Waals surface area contributed by atoms with Crippen LogP contribution >= 0.6 is 11.3 Å². The van der Waals surface area contributed by atoms with E-state index in [0.29, 0.717) is 6.54 Å². The van der Waals surface area contributed by atoms with Gasteiger partial charge in [0.15, 0.2) is 0 Å². The van der Waals surface area contributed by atoms with Gasteiger partial charge >= 0.3 is 0 Å². The van der Waals surface area contributed by atoms with Crippen molar-refractivity contribution >= 4 is 17.2 Å². The average molecular weight is 275 g/mol. The summed E-state index contributed by atoms with van der Waals surface area (Å²) in [5.74, 6) is 0.177. The lowest BCUT2D eigenvalue weighted by molar-refractivity contribution is -0.134. The summed E-state index contributed by atoms with van der Waals surface area (Å²) in [5, 5.41) is 4.01. The van der Waals surface area contributed by atoms with Crippen molar-refractivity contribution in [3.63, 3.8) is 0 Å². The maximum absolute atomic E-state index is 12.4. The van der Waals surface area contributed by atoms with Crippen molar-refractivity contribution in [3.8, 4) is 0 Å². The highest BCUT2D eigenvalue weighted by atomic mass is 32.1. The summed E-state index contributed by atoms with van der Waals surface area (Å²) >= 11 is 1.73. The zero-order chi connectivity index (χ0) is 13.2. The van der Waals surface area contributed by atoms with Crippen molar-refractivity contribution in [1.29, 1.82) is 0 Å². The maximum Gasteiger partial charge on any atom is 0.250 e. The number of hydrogen-bond donors (Lipinski definition) is 1. The molecule has 0 aromatic carbocycles. The van der Waals surface area contributed by atoms with Crippen molar-refractivity contribution in [2.45, 2.75) is 24.9 Å². The largest absolute Gasteiger partial charge is 0.315 e. The minimum Gasteiger partial charge on any atom is -0.315 e. The van der Waals surface area contributed by atoms with Gasteiger partial charge in [-0.1, -0.05) is 12.1 Å². The van der Waals surface area contributed by atoms with Gasteiger partial charge in [0.05, 0.1) is 6.04 Å². The molecule has 1 amide bonds. The van der Waals surface area contributed by atoms with Crippen molar-refractivity contribution in [3.05, 3.63) is 47.4 Å². The SMILES string of the molecule is C=CCCN1C=CN2NC(c3cccs3)CC2C1=O. The van der Waals surface area contributed by atoms with E-state index in [1.165, 1.54) is 4.88 Å². The maximum atomic E-state index is 12.4. The first kappa shape index (κ1) is 12.4. The molecular weight excluding hydrogens is 258 g/mol. The van der Waals surface area contributed by atoms with Crippen LogP contribution in [0.15, 0.2) is 42.6 Å². The summed E-state index contributed by atoms with van der Waals surface area (Å²) in [5.41, 5.74) is 3.39. The lowest BCUT2D eigenvalue weighted by Crippen LogP contribution is -2.48. The Morgan fingerprint density at radius 2 is 2.42 bits per heavy atom. The smallest absolute Gasteiger partial charge is 0.250 e. The quantitative estimate of drug-likeness (QED) is 0.856. The molecule has 4 nitrogen and oxygen atoms in total. The minimum absolute atomic E-state index is 0.0816. The number of amides is 1. The van der Waals surface area contributed by atoms with Crippen molar-refractivity contribution in [1.82, 2.24) is 15.3 Å². The first-order valence-corrected chi connectivity index (χ1v) is 7.35. The molecule has 2 unspecified atom stereocenters. The predicted octanol–water partition coefficient (Wildman–Crippen LogP) is 2.26. The molecule has 3 rings (SSSR count). The van der Waals surface area contributed by atoms with Gasteiger partial charge in [0.1, 0.15) is 6.04 Å². The van der Waals surface area contributed by atoms with Crippen LogP contribution in [0.1, 0.15) is 23.8 Å². The van der Waals surface area contributed by atoms with Crippen LogP contribution in [0.3, 0.4) is 0 Å². The van der Waals surface area contributed by atoms with Crippen LogP contribution in [-0.2, 0) is 4.79 Å². The van der Waals surface area contributed by atoms with Gasteiger partial charge in [0.25, 0.3) is 5.91 Å². The second kappa shape index (κ2) is 5.19. The lowest BCUT2D eigenvalue weighted by atomic mass is 10.1. The van der Waals surface area contributed by atoms with Crippen LogP contribution in [0.25, 0.3) is 0 Å². The van der Waals surface area contributed by atoms with Crippen LogP contribution in [0.5, 0.6) is 0 Å². The van der Waals surface area contributed by atoms with Gasteiger partial charge in [-0.25, -0.2) is 5.43 Å². The number of thiophene rings is 1. The first-order chi connectivity index (χ1) is 9.29. The van der Waals surface area contributed by atoms with Crippen LogP contribution in [0, 0.1) is 0 Å². The molecule has 0 saturated carbocycles. The number of carbonyl (C=O) groups is 1. The molecule has 19 heavy (non-hydrogen) atoms. The van der Waals surface area contributed by atoms with Crippen LogP contribution in [-0.4, -0.2) is 28.4 Å². The summed E-state index contributed by atoms with van der Waals surface area (Å²) in [7, 11) is 0. The fourth-order valence-corrected chi connectivity index (χ4v) is 3.31. The predicted molar refractivity (Wildman–Crippen MR) is 76.1 cm³/mol. The Balaban J connectivity index is 1.72. The van der Waals surface area contributed by atoms with E-state index in [2.05, 4.69) is 23.5 Å². The number of hydrazine groups is 1. The number of hydrogen-bond acceptors (Lipinski definition) is 4. The topological polar surface area (TPSA) is 35.6 Å². The molecule has 0 radical (unpaired) electrons. The molecule has 2 atom stereocenters. The zero-order valence-electron chi connectivity index (χ0n) is 10.7. The standard InChI is InChI=1S/C14H17N3OS/c1-2-3-6-16-7-8-17-12(14(16)18)10-11(15-17)13-5-4-9-19-13/h2,4-5,7-9,11-12,15H,1,3,6,10H2. The van der Waals surface area contributed by atoms with E-state index in [4.69, 9.17) is 0 Å². The summed E-state index contributed by atoms with van der Waals surface area (Å²) in [6, 6.07) is 4.33. The summed E-state index contributed by atoms with van der Waals surface area (Å²) in [4.78, 5) is 15.5. The van der Waals surface area contributed by atoms with E-state index in [9.17, 15) is 4.79 Å². The summed E-state index contributed by atoms with van der Waals surface area (Å²) in [6.45, 7) is 4.41. The minimum atomic E-state index is -0.0816. The van der Waals surface area contributed by atoms with E-state index in [-0.39, 0.29) is 18.0 Å². The van der Waals surface area contributed by atoms with Crippen LogP contribution < -0.4 is 5.43 Å². The first-order valence-electron chi connectivity index (χ1n) is 6.47. The number of nitrogens with one attached hydrogen (secondary N) is 1. The molecule has 1 fully saturated rings. The molecule has 100 valence electrons. The van der Waals surface area contributed by atoms with Crippen LogP contribution in [0.2, 0.25) is 0 Å². The molecule has 2 aliphatic rings. The van der Waals surface area contributed by atoms with E-state index < -0.39 is 0 Å².